The molecule has 0 N–H and O–H groups in total. The number of hydrogen-bond acceptors (Lipinski definition) is 4. The molecular formula is C11H11N2O3-. The molecule has 5 heteroatoms. The number of ether oxygens (including phenoxy) is 1. The minimum Gasteiger partial charge on any atom is -0.545 e. The number of carboxylic acids is 1. The largest absolute Gasteiger partial charge is 0.545 e. The van der Waals surface area contributed by atoms with Gasteiger partial charge < -0.3 is 19.2 Å². The molecule has 16 heavy (non-hydrogen) atoms. The SMILES string of the molecule is COCCn1cnc2cc(C(=O)[O-])ccc21. The summed E-state index contributed by atoms with van der Waals surface area (Å²) in [5.74, 6) is -1.19. The lowest BCUT2D eigenvalue weighted by molar-refractivity contribution is -0.255. The van der Waals surface area contributed by atoms with Crippen LogP contribution in [0, 0.1) is 0 Å². The van der Waals surface area contributed by atoms with Crippen molar-refractivity contribution in [3.8, 4) is 0 Å². The van der Waals surface area contributed by atoms with Gasteiger partial charge in [-0.25, -0.2) is 4.98 Å². The first-order chi connectivity index (χ1) is 7.72. The lowest BCUT2D eigenvalue weighted by Crippen LogP contribution is -2.22. The van der Waals surface area contributed by atoms with Gasteiger partial charge in [-0.1, -0.05) is 6.07 Å². The molecule has 0 saturated heterocycles. The number of hydrogen-bond donors (Lipinski definition) is 0. The molecule has 0 aliphatic rings. The van der Waals surface area contributed by atoms with Crippen LogP contribution in [-0.4, -0.2) is 29.2 Å². The lowest BCUT2D eigenvalue weighted by Gasteiger charge is -2.04. The number of rotatable bonds is 4. The molecule has 1 aromatic heterocycles. The van der Waals surface area contributed by atoms with Gasteiger partial charge in [0.15, 0.2) is 0 Å². The lowest BCUT2D eigenvalue weighted by atomic mass is 10.2. The molecule has 1 heterocycles. The predicted molar refractivity (Wildman–Crippen MR) is 55.9 cm³/mol. The van der Waals surface area contributed by atoms with Gasteiger partial charge in [0.2, 0.25) is 0 Å². The molecule has 0 unspecified atom stereocenters. The fourth-order valence-corrected chi connectivity index (χ4v) is 1.56. The van der Waals surface area contributed by atoms with E-state index in [0.29, 0.717) is 18.7 Å². The second kappa shape index (κ2) is 4.32. The Hall–Kier alpha value is -1.88. The molecule has 2 aromatic rings. The van der Waals surface area contributed by atoms with E-state index in [1.807, 2.05) is 4.57 Å². The number of nitrogens with zero attached hydrogens (tertiary/aromatic N) is 2. The Morgan fingerprint density at radius 2 is 2.38 bits per heavy atom. The van der Waals surface area contributed by atoms with Gasteiger partial charge in [0, 0.05) is 13.7 Å². The second-order valence-corrected chi connectivity index (χ2v) is 3.42. The number of imidazole rings is 1. The Morgan fingerprint density at radius 1 is 1.56 bits per heavy atom. The smallest absolute Gasteiger partial charge is 0.0959 e. The summed E-state index contributed by atoms with van der Waals surface area (Å²) in [6.45, 7) is 1.28. The van der Waals surface area contributed by atoms with Crippen molar-refractivity contribution in [2.24, 2.45) is 0 Å². The van der Waals surface area contributed by atoms with Crippen LogP contribution in [0.4, 0.5) is 0 Å². The van der Waals surface area contributed by atoms with Crippen molar-refractivity contribution in [2.75, 3.05) is 13.7 Å². The molecule has 0 aliphatic heterocycles. The minimum atomic E-state index is -1.19. The van der Waals surface area contributed by atoms with Gasteiger partial charge in [0.1, 0.15) is 0 Å². The van der Waals surface area contributed by atoms with E-state index in [0.717, 1.165) is 5.52 Å². The fourth-order valence-electron chi connectivity index (χ4n) is 1.56. The Morgan fingerprint density at radius 3 is 3.06 bits per heavy atom. The van der Waals surface area contributed by atoms with Crippen molar-refractivity contribution < 1.29 is 14.6 Å². The summed E-state index contributed by atoms with van der Waals surface area (Å²) in [4.78, 5) is 14.8. The third-order valence-electron chi connectivity index (χ3n) is 2.39. The number of aromatic carboxylic acids is 1. The van der Waals surface area contributed by atoms with E-state index in [1.54, 1.807) is 19.5 Å². The Labute approximate surface area is 92.3 Å². The zero-order valence-electron chi connectivity index (χ0n) is 8.84. The minimum absolute atomic E-state index is 0.143. The van der Waals surface area contributed by atoms with Gasteiger partial charge in [-0.2, -0.15) is 0 Å². The summed E-state index contributed by atoms with van der Waals surface area (Å²) in [5.41, 5.74) is 1.68. The monoisotopic (exact) mass is 219 g/mol. The van der Waals surface area contributed by atoms with Crippen LogP contribution in [0.15, 0.2) is 24.5 Å². The maximum atomic E-state index is 10.7. The highest BCUT2D eigenvalue weighted by atomic mass is 16.5. The van der Waals surface area contributed by atoms with E-state index in [-0.39, 0.29) is 5.56 Å². The van der Waals surface area contributed by atoms with E-state index >= 15 is 0 Å². The van der Waals surface area contributed by atoms with E-state index in [4.69, 9.17) is 4.74 Å². The fraction of sp³-hybridized carbons (Fsp3) is 0.273. The molecule has 0 saturated carbocycles. The van der Waals surface area contributed by atoms with Gasteiger partial charge in [0.05, 0.1) is 29.9 Å². The number of carboxylic acid groups (broad SMARTS) is 1. The van der Waals surface area contributed by atoms with Gasteiger partial charge in [-0.15, -0.1) is 0 Å². The molecule has 0 amide bonds. The summed E-state index contributed by atoms with van der Waals surface area (Å²) in [5, 5.41) is 10.7. The average molecular weight is 219 g/mol. The molecule has 0 spiro atoms. The van der Waals surface area contributed by atoms with E-state index in [9.17, 15) is 9.90 Å². The molecule has 2 rings (SSSR count). The summed E-state index contributed by atoms with van der Waals surface area (Å²) in [6, 6.07) is 4.75. The van der Waals surface area contributed by atoms with Gasteiger partial charge >= 0.3 is 0 Å². The topological polar surface area (TPSA) is 67.2 Å². The molecule has 84 valence electrons. The zero-order chi connectivity index (χ0) is 11.5. The molecule has 0 radical (unpaired) electrons. The van der Waals surface area contributed by atoms with Gasteiger partial charge in [-0.05, 0) is 17.7 Å². The zero-order valence-corrected chi connectivity index (χ0v) is 8.84. The summed E-state index contributed by atoms with van der Waals surface area (Å²) >= 11 is 0. The second-order valence-electron chi connectivity index (χ2n) is 3.42. The number of methoxy groups -OCH3 is 1. The van der Waals surface area contributed by atoms with Crippen LogP contribution in [0.5, 0.6) is 0 Å². The van der Waals surface area contributed by atoms with Crippen molar-refractivity contribution >= 4 is 17.0 Å². The third-order valence-corrected chi connectivity index (χ3v) is 2.39. The third kappa shape index (κ3) is 1.90. The van der Waals surface area contributed by atoms with Crippen molar-refractivity contribution in [3.05, 3.63) is 30.1 Å². The quantitative estimate of drug-likeness (QED) is 0.728. The van der Waals surface area contributed by atoms with Crippen molar-refractivity contribution in [2.45, 2.75) is 6.54 Å². The van der Waals surface area contributed by atoms with E-state index < -0.39 is 5.97 Å². The van der Waals surface area contributed by atoms with Gasteiger partial charge in [0.25, 0.3) is 0 Å². The maximum absolute atomic E-state index is 10.7. The Bertz CT molecular complexity index is 519. The van der Waals surface area contributed by atoms with E-state index in [1.165, 1.54) is 12.1 Å². The van der Waals surface area contributed by atoms with E-state index in [2.05, 4.69) is 4.98 Å². The molecule has 1 aromatic carbocycles. The van der Waals surface area contributed by atoms with Crippen LogP contribution >= 0.6 is 0 Å². The van der Waals surface area contributed by atoms with Crippen LogP contribution in [0.2, 0.25) is 0 Å². The summed E-state index contributed by atoms with van der Waals surface area (Å²) in [6.07, 6.45) is 1.67. The van der Waals surface area contributed by atoms with Crippen molar-refractivity contribution in [1.29, 1.82) is 0 Å². The van der Waals surface area contributed by atoms with Crippen molar-refractivity contribution in [3.63, 3.8) is 0 Å². The summed E-state index contributed by atoms with van der Waals surface area (Å²) in [7, 11) is 1.63. The normalized spacial score (nSPS) is 10.8. The number of carbonyl (C=O) groups excluding carboxylic acids is 1. The first-order valence-corrected chi connectivity index (χ1v) is 4.87. The first-order valence-electron chi connectivity index (χ1n) is 4.87. The van der Waals surface area contributed by atoms with Crippen LogP contribution in [-0.2, 0) is 11.3 Å². The van der Waals surface area contributed by atoms with Crippen LogP contribution in [0.1, 0.15) is 10.4 Å². The summed E-state index contributed by atoms with van der Waals surface area (Å²) < 4.78 is 6.89. The molecule has 5 nitrogen and oxygen atoms in total. The molecule has 0 atom stereocenters. The van der Waals surface area contributed by atoms with Crippen LogP contribution < -0.4 is 5.11 Å². The highest BCUT2D eigenvalue weighted by molar-refractivity contribution is 5.91. The maximum Gasteiger partial charge on any atom is 0.0959 e. The average Bonchev–Trinajstić information content (AvgIpc) is 2.68. The standard InChI is InChI=1S/C11H12N2O3/c1-16-5-4-13-7-12-9-6-8(11(14)15)2-3-10(9)13/h2-3,6-7H,4-5H2,1H3,(H,14,15)/p-1. The van der Waals surface area contributed by atoms with Crippen LogP contribution in [0.3, 0.4) is 0 Å². The number of fused-ring (bicyclic) bond motifs is 1. The number of carbonyl (C=O) groups is 1. The van der Waals surface area contributed by atoms with Gasteiger partial charge in [-0.3, -0.25) is 0 Å². The molecular weight excluding hydrogens is 208 g/mol. The molecule has 0 aliphatic carbocycles. The Kier molecular flexibility index (Phi) is 2.87. The Balaban J connectivity index is 2.38. The van der Waals surface area contributed by atoms with Crippen LogP contribution in [0.25, 0.3) is 11.0 Å². The molecule has 0 bridgehead atoms. The number of aromatic nitrogens is 2. The number of benzene rings is 1. The highest BCUT2D eigenvalue weighted by Gasteiger charge is 2.03. The molecule has 0 fully saturated rings. The first kappa shape index (κ1) is 10.6. The predicted octanol–water partition coefficient (Wildman–Crippen LogP) is 0.0462. The highest BCUT2D eigenvalue weighted by Crippen LogP contribution is 2.14. The van der Waals surface area contributed by atoms with Crippen molar-refractivity contribution in [1.82, 2.24) is 9.55 Å².